The van der Waals surface area contributed by atoms with Crippen molar-refractivity contribution in [3.8, 4) is 5.69 Å². The zero-order valence-corrected chi connectivity index (χ0v) is 10.8. The molecule has 94 valence electrons. The molecule has 0 bridgehead atoms. The lowest BCUT2D eigenvalue weighted by Crippen LogP contribution is -2.29. The molecule has 2 heterocycles. The van der Waals surface area contributed by atoms with E-state index in [4.69, 9.17) is 0 Å². The summed E-state index contributed by atoms with van der Waals surface area (Å²) in [6, 6.07) is 8.59. The lowest BCUT2D eigenvalue weighted by Gasteiger charge is -2.23. The normalized spacial score (nSPS) is 19.9. The average Bonchev–Trinajstić information content (AvgIpc) is 2.89. The van der Waals surface area contributed by atoms with Gasteiger partial charge in [0.2, 0.25) is 0 Å². The fourth-order valence-corrected chi connectivity index (χ4v) is 2.71. The van der Waals surface area contributed by atoms with Gasteiger partial charge in [0.25, 0.3) is 0 Å². The molecule has 3 nitrogen and oxygen atoms in total. The third-order valence-electron chi connectivity index (χ3n) is 3.66. The molecule has 1 fully saturated rings. The van der Waals surface area contributed by atoms with Crippen LogP contribution in [0.1, 0.15) is 30.0 Å². The van der Waals surface area contributed by atoms with Crippen molar-refractivity contribution in [1.29, 1.82) is 0 Å². The molecule has 1 aromatic heterocycles. The number of aryl methyl sites for hydroxylation is 1. The number of nitrogens with one attached hydrogen (secondary N) is 1. The molecule has 3 rings (SSSR count). The third kappa shape index (κ3) is 2.18. The molecule has 18 heavy (non-hydrogen) atoms. The Hall–Kier alpha value is -1.61. The maximum Gasteiger partial charge on any atom is 0.0994 e. The van der Waals surface area contributed by atoms with Crippen molar-refractivity contribution >= 4 is 0 Å². The first kappa shape index (κ1) is 11.5. The molecule has 0 spiro atoms. The van der Waals surface area contributed by atoms with Gasteiger partial charge in [-0.25, -0.2) is 4.98 Å². The highest BCUT2D eigenvalue weighted by molar-refractivity contribution is 5.37. The number of piperidine rings is 1. The van der Waals surface area contributed by atoms with E-state index in [0.29, 0.717) is 5.92 Å². The van der Waals surface area contributed by atoms with Gasteiger partial charge in [-0.05, 0) is 44.0 Å². The second kappa shape index (κ2) is 4.94. The summed E-state index contributed by atoms with van der Waals surface area (Å²) in [5, 5.41) is 3.47. The van der Waals surface area contributed by atoms with E-state index in [0.717, 1.165) is 13.1 Å². The number of benzene rings is 1. The number of nitrogens with zero attached hydrogens (tertiary/aromatic N) is 2. The van der Waals surface area contributed by atoms with E-state index in [-0.39, 0.29) is 0 Å². The maximum atomic E-state index is 4.34. The third-order valence-corrected chi connectivity index (χ3v) is 3.66. The van der Waals surface area contributed by atoms with Crippen LogP contribution in [0.5, 0.6) is 0 Å². The molecule has 0 aliphatic carbocycles. The summed E-state index contributed by atoms with van der Waals surface area (Å²) < 4.78 is 2.23. The summed E-state index contributed by atoms with van der Waals surface area (Å²) in [4.78, 5) is 4.34. The Morgan fingerprint density at radius 2 is 2.33 bits per heavy atom. The van der Waals surface area contributed by atoms with Gasteiger partial charge in [0.1, 0.15) is 0 Å². The summed E-state index contributed by atoms with van der Waals surface area (Å²) in [5.41, 5.74) is 3.83. The van der Waals surface area contributed by atoms with Crippen molar-refractivity contribution in [2.45, 2.75) is 25.7 Å². The largest absolute Gasteiger partial charge is 0.316 e. The molecule has 1 saturated heterocycles. The van der Waals surface area contributed by atoms with Crippen LogP contribution in [-0.2, 0) is 0 Å². The van der Waals surface area contributed by atoms with Crippen molar-refractivity contribution in [2.24, 2.45) is 0 Å². The van der Waals surface area contributed by atoms with Crippen molar-refractivity contribution < 1.29 is 0 Å². The van der Waals surface area contributed by atoms with Crippen molar-refractivity contribution in [3.05, 3.63) is 48.0 Å². The fourth-order valence-electron chi connectivity index (χ4n) is 2.71. The molecule has 0 radical (unpaired) electrons. The van der Waals surface area contributed by atoms with E-state index in [2.05, 4.69) is 46.1 Å². The van der Waals surface area contributed by atoms with Crippen LogP contribution in [0.3, 0.4) is 0 Å². The van der Waals surface area contributed by atoms with E-state index >= 15 is 0 Å². The Balaban J connectivity index is 1.95. The lowest BCUT2D eigenvalue weighted by molar-refractivity contribution is 0.451. The number of hydrogen-bond acceptors (Lipinski definition) is 2. The monoisotopic (exact) mass is 241 g/mol. The number of hydrogen-bond donors (Lipinski definition) is 1. The molecular weight excluding hydrogens is 222 g/mol. The number of rotatable bonds is 2. The van der Waals surface area contributed by atoms with Gasteiger partial charge in [0.05, 0.1) is 6.33 Å². The van der Waals surface area contributed by atoms with Gasteiger partial charge >= 0.3 is 0 Å². The molecule has 1 aliphatic rings. The van der Waals surface area contributed by atoms with E-state index in [9.17, 15) is 0 Å². The van der Waals surface area contributed by atoms with E-state index in [1.807, 2.05) is 12.5 Å². The van der Waals surface area contributed by atoms with Gasteiger partial charge in [0.15, 0.2) is 0 Å². The van der Waals surface area contributed by atoms with E-state index < -0.39 is 0 Å². The van der Waals surface area contributed by atoms with E-state index in [1.54, 1.807) is 0 Å². The highest BCUT2D eigenvalue weighted by Gasteiger charge is 2.19. The zero-order chi connectivity index (χ0) is 12.4. The Morgan fingerprint density at radius 1 is 1.39 bits per heavy atom. The quantitative estimate of drug-likeness (QED) is 0.876. The molecule has 2 aromatic rings. The van der Waals surface area contributed by atoms with Crippen LogP contribution in [0.4, 0.5) is 0 Å². The summed E-state index contributed by atoms with van der Waals surface area (Å²) in [7, 11) is 0. The second-order valence-corrected chi connectivity index (χ2v) is 5.07. The molecule has 1 aromatic carbocycles. The maximum absolute atomic E-state index is 4.34. The summed E-state index contributed by atoms with van der Waals surface area (Å²) in [6.07, 6.45) is 6.45. The van der Waals surface area contributed by atoms with Gasteiger partial charge in [-0.3, -0.25) is 0 Å². The van der Waals surface area contributed by atoms with Gasteiger partial charge in [0, 0.05) is 30.0 Å². The van der Waals surface area contributed by atoms with Gasteiger partial charge in [-0.2, -0.15) is 0 Å². The molecule has 1 atom stereocenters. The first-order valence-electron chi connectivity index (χ1n) is 6.64. The van der Waals surface area contributed by atoms with E-state index in [1.165, 1.54) is 29.8 Å². The zero-order valence-electron chi connectivity index (χ0n) is 10.8. The predicted molar refractivity (Wildman–Crippen MR) is 73.1 cm³/mol. The van der Waals surface area contributed by atoms with Gasteiger partial charge in [-0.1, -0.05) is 12.1 Å². The van der Waals surface area contributed by atoms with Gasteiger partial charge < -0.3 is 9.88 Å². The molecule has 1 aliphatic heterocycles. The highest BCUT2D eigenvalue weighted by atomic mass is 15.1. The number of aromatic nitrogens is 2. The fraction of sp³-hybridized carbons (Fsp3) is 0.400. The van der Waals surface area contributed by atoms with Crippen molar-refractivity contribution in [3.63, 3.8) is 0 Å². The van der Waals surface area contributed by atoms with Crippen LogP contribution in [-0.4, -0.2) is 22.6 Å². The first-order chi connectivity index (χ1) is 8.84. The minimum atomic E-state index is 0.585. The molecule has 3 heteroatoms. The summed E-state index contributed by atoms with van der Waals surface area (Å²) in [6.45, 7) is 4.34. The minimum absolute atomic E-state index is 0.585. The molecule has 1 N–H and O–H groups in total. The van der Waals surface area contributed by atoms with Crippen molar-refractivity contribution in [2.75, 3.05) is 13.1 Å². The summed E-state index contributed by atoms with van der Waals surface area (Å²) in [5.74, 6) is 0.585. The van der Waals surface area contributed by atoms with Crippen molar-refractivity contribution in [1.82, 2.24) is 14.9 Å². The summed E-state index contributed by atoms with van der Waals surface area (Å²) >= 11 is 0. The van der Waals surface area contributed by atoms with Crippen LogP contribution in [0.2, 0.25) is 0 Å². The standard InChI is InChI=1S/C15H19N3/c1-12-4-2-6-14(8-12)18-11-17-10-15(18)13-5-3-7-16-9-13/h2,4,6,8,10-11,13,16H,3,5,7,9H2,1H3. The van der Waals surface area contributed by atoms with Gasteiger partial charge in [-0.15, -0.1) is 0 Å². The topological polar surface area (TPSA) is 29.9 Å². The second-order valence-electron chi connectivity index (χ2n) is 5.07. The predicted octanol–water partition coefficient (Wildman–Crippen LogP) is 2.65. The smallest absolute Gasteiger partial charge is 0.0994 e. The van der Waals surface area contributed by atoms with Crippen LogP contribution < -0.4 is 5.32 Å². The Kier molecular flexibility index (Phi) is 3.15. The highest BCUT2D eigenvalue weighted by Crippen LogP contribution is 2.25. The SMILES string of the molecule is Cc1cccc(-n2cncc2C2CCCNC2)c1. The Bertz CT molecular complexity index is 524. The molecule has 0 saturated carbocycles. The van der Waals surface area contributed by atoms with Crippen LogP contribution in [0.25, 0.3) is 5.69 Å². The molecule has 0 amide bonds. The van der Waals surface area contributed by atoms with Crippen LogP contribution in [0, 0.1) is 6.92 Å². The van der Waals surface area contributed by atoms with Crippen LogP contribution >= 0.6 is 0 Å². The first-order valence-corrected chi connectivity index (χ1v) is 6.64. The minimum Gasteiger partial charge on any atom is -0.316 e. The Labute approximate surface area is 108 Å². The number of imidazole rings is 1. The molecular formula is C15H19N3. The lowest BCUT2D eigenvalue weighted by atomic mass is 9.96. The van der Waals surface area contributed by atoms with Crippen LogP contribution in [0.15, 0.2) is 36.8 Å². The Morgan fingerprint density at radius 3 is 3.11 bits per heavy atom. The molecule has 1 unspecified atom stereocenters. The average molecular weight is 241 g/mol.